The second-order valence-corrected chi connectivity index (χ2v) is 6.78. The molecule has 5 nitrogen and oxygen atoms in total. The van der Waals surface area contributed by atoms with Gasteiger partial charge in [0.05, 0.1) is 5.69 Å². The molecule has 0 aromatic carbocycles. The van der Waals surface area contributed by atoms with Crippen LogP contribution >= 0.6 is 11.3 Å². The molecule has 0 radical (unpaired) electrons. The number of carbonyl (C=O) groups is 1. The van der Waals surface area contributed by atoms with E-state index in [4.69, 9.17) is 5.73 Å². The fourth-order valence-electron chi connectivity index (χ4n) is 1.96. The highest BCUT2D eigenvalue weighted by Crippen LogP contribution is 2.31. The maximum atomic E-state index is 12.4. The number of carbonyl (C=O) groups excluding carboxylic acids is 1. The van der Waals surface area contributed by atoms with Crippen molar-refractivity contribution in [2.45, 2.75) is 20.8 Å². The van der Waals surface area contributed by atoms with Crippen molar-refractivity contribution in [3.05, 3.63) is 17.3 Å². The van der Waals surface area contributed by atoms with Gasteiger partial charge in [-0.1, -0.05) is 20.8 Å². The molecule has 2 rings (SSSR count). The Morgan fingerprint density at radius 3 is 2.58 bits per heavy atom. The van der Waals surface area contributed by atoms with E-state index in [1.54, 1.807) is 24.3 Å². The molecule has 0 aliphatic rings. The number of anilines is 1. The zero-order valence-electron chi connectivity index (χ0n) is 11.6. The first-order chi connectivity index (χ1) is 8.79. The summed E-state index contributed by atoms with van der Waals surface area (Å²) in [6.45, 7) is 6.94. The van der Waals surface area contributed by atoms with E-state index < -0.39 is 0 Å². The Morgan fingerprint density at radius 1 is 1.37 bits per heavy atom. The number of thiophene rings is 1. The fraction of sp³-hybridized carbons (Fsp3) is 0.462. The number of rotatable bonds is 2. The van der Waals surface area contributed by atoms with Crippen molar-refractivity contribution in [1.82, 2.24) is 14.9 Å². The second-order valence-electron chi connectivity index (χ2n) is 5.78. The zero-order chi connectivity index (χ0) is 14.2. The van der Waals surface area contributed by atoms with Gasteiger partial charge in [0.2, 0.25) is 0 Å². The summed E-state index contributed by atoms with van der Waals surface area (Å²) >= 11 is 1.30. The number of fused-ring (bicyclic) bond motifs is 1. The number of nitrogens with zero attached hydrogens (tertiary/aromatic N) is 3. The van der Waals surface area contributed by atoms with Crippen LogP contribution < -0.4 is 5.73 Å². The van der Waals surface area contributed by atoms with E-state index in [1.807, 2.05) is 0 Å². The summed E-state index contributed by atoms with van der Waals surface area (Å²) in [7, 11) is 1.79. The van der Waals surface area contributed by atoms with E-state index in [0.29, 0.717) is 27.5 Å². The van der Waals surface area contributed by atoms with Gasteiger partial charge < -0.3 is 10.6 Å². The number of hydrogen-bond donors (Lipinski definition) is 1. The van der Waals surface area contributed by atoms with Crippen LogP contribution in [0, 0.1) is 5.41 Å². The maximum Gasteiger partial charge on any atom is 0.265 e. The molecule has 0 atom stereocenters. The highest BCUT2D eigenvalue weighted by atomic mass is 32.1. The van der Waals surface area contributed by atoms with Gasteiger partial charge in [-0.15, -0.1) is 11.3 Å². The van der Waals surface area contributed by atoms with Gasteiger partial charge in [-0.3, -0.25) is 4.79 Å². The highest BCUT2D eigenvalue weighted by Gasteiger charge is 2.23. The van der Waals surface area contributed by atoms with E-state index in [-0.39, 0.29) is 11.3 Å². The Bertz CT molecular complexity index is 615. The first-order valence-electron chi connectivity index (χ1n) is 6.04. The van der Waals surface area contributed by atoms with Crippen molar-refractivity contribution in [2.24, 2.45) is 5.41 Å². The number of nitrogens with two attached hydrogens (primary N) is 1. The lowest BCUT2D eigenvalue weighted by molar-refractivity contribution is 0.0751. The lowest BCUT2D eigenvalue weighted by Gasteiger charge is -2.26. The summed E-state index contributed by atoms with van der Waals surface area (Å²) in [5.74, 6) is -0.0720. The van der Waals surface area contributed by atoms with Crippen LogP contribution in [0.2, 0.25) is 0 Å². The van der Waals surface area contributed by atoms with Crippen LogP contribution in [0.5, 0.6) is 0 Å². The lowest BCUT2D eigenvalue weighted by atomic mass is 9.96. The first-order valence-corrected chi connectivity index (χ1v) is 6.86. The smallest absolute Gasteiger partial charge is 0.265 e. The Labute approximate surface area is 116 Å². The van der Waals surface area contributed by atoms with E-state index in [9.17, 15) is 4.79 Å². The van der Waals surface area contributed by atoms with Crippen LogP contribution in [0.15, 0.2) is 12.4 Å². The summed E-state index contributed by atoms with van der Waals surface area (Å²) in [5, 5.41) is 0. The van der Waals surface area contributed by atoms with Crippen LogP contribution in [0.25, 0.3) is 10.3 Å². The number of hydrogen-bond acceptors (Lipinski definition) is 5. The SMILES string of the molecule is CN(CC(C)(C)C)C(=O)c1sc2nccnc2c1N. The topological polar surface area (TPSA) is 72.1 Å². The third kappa shape index (κ3) is 2.84. The van der Waals surface area contributed by atoms with Crippen molar-refractivity contribution in [1.29, 1.82) is 0 Å². The molecule has 2 aromatic rings. The van der Waals surface area contributed by atoms with Crippen LogP contribution in [-0.2, 0) is 0 Å². The fourth-order valence-corrected chi connectivity index (χ4v) is 2.98. The van der Waals surface area contributed by atoms with Gasteiger partial charge in [0.25, 0.3) is 5.91 Å². The second kappa shape index (κ2) is 4.77. The van der Waals surface area contributed by atoms with E-state index in [0.717, 1.165) is 0 Å². The van der Waals surface area contributed by atoms with Crippen LogP contribution in [-0.4, -0.2) is 34.4 Å². The average molecular weight is 278 g/mol. The minimum atomic E-state index is -0.0720. The highest BCUT2D eigenvalue weighted by molar-refractivity contribution is 7.21. The molecule has 2 heterocycles. The molecule has 1 amide bonds. The predicted octanol–water partition coefficient (Wildman–Crippen LogP) is 2.39. The van der Waals surface area contributed by atoms with Crippen molar-refractivity contribution < 1.29 is 4.79 Å². The lowest BCUT2D eigenvalue weighted by Crippen LogP contribution is -2.34. The van der Waals surface area contributed by atoms with Gasteiger partial charge in [-0.2, -0.15) is 0 Å². The molecule has 0 aliphatic carbocycles. The van der Waals surface area contributed by atoms with E-state index in [2.05, 4.69) is 30.7 Å². The van der Waals surface area contributed by atoms with Crippen molar-refractivity contribution in [3.8, 4) is 0 Å². The molecule has 2 N–H and O–H groups in total. The standard InChI is InChI=1S/C13H18N4OS/c1-13(2,3)7-17(4)12(18)10-8(14)9-11(19-10)16-6-5-15-9/h5-6H,7,14H2,1-4H3. The zero-order valence-corrected chi connectivity index (χ0v) is 12.4. The molecule has 0 saturated heterocycles. The molecular weight excluding hydrogens is 260 g/mol. The molecule has 0 bridgehead atoms. The predicted molar refractivity (Wildman–Crippen MR) is 78.2 cm³/mol. The maximum absolute atomic E-state index is 12.4. The average Bonchev–Trinajstić information content (AvgIpc) is 2.64. The molecular formula is C13H18N4OS. The monoisotopic (exact) mass is 278 g/mol. The van der Waals surface area contributed by atoms with E-state index >= 15 is 0 Å². The van der Waals surface area contributed by atoms with Crippen LogP contribution in [0.4, 0.5) is 5.69 Å². The van der Waals surface area contributed by atoms with Crippen molar-refractivity contribution in [3.63, 3.8) is 0 Å². The summed E-state index contributed by atoms with van der Waals surface area (Å²) < 4.78 is 0. The molecule has 0 unspecified atom stereocenters. The van der Waals surface area contributed by atoms with Gasteiger partial charge >= 0.3 is 0 Å². The molecule has 102 valence electrons. The number of nitrogen functional groups attached to an aromatic ring is 1. The molecule has 0 spiro atoms. The van der Waals surface area contributed by atoms with Gasteiger partial charge in [-0.25, -0.2) is 9.97 Å². The molecule has 0 fully saturated rings. The quantitative estimate of drug-likeness (QED) is 0.915. The van der Waals surface area contributed by atoms with Gasteiger partial charge in [0.15, 0.2) is 0 Å². The number of aromatic nitrogens is 2. The minimum absolute atomic E-state index is 0.0480. The third-order valence-electron chi connectivity index (χ3n) is 2.62. The Kier molecular flexibility index (Phi) is 3.45. The number of amides is 1. The minimum Gasteiger partial charge on any atom is -0.396 e. The van der Waals surface area contributed by atoms with Crippen molar-refractivity contribution in [2.75, 3.05) is 19.3 Å². The Hall–Kier alpha value is -1.69. The molecule has 6 heteroatoms. The first kappa shape index (κ1) is 13.7. The molecule has 0 aliphatic heterocycles. The molecule has 2 aromatic heterocycles. The van der Waals surface area contributed by atoms with Gasteiger partial charge in [0, 0.05) is 26.0 Å². The largest absolute Gasteiger partial charge is 0.396 e. The molecule has 0 saturated carbocycles. The van der Waals surface area contributed by atoms with Crippen molar-refractivity contribution >= 4 is 33.3 Å². The summed E-state index contributed by atoms with van der Waals surface area (Å²) in [4.78, 5) is 23.7. The van der Waals surface area contributed by atoms with Gasteiger partial charge in [-0.05, 0) is 5.41 Å². The summed E-state index contributed by atoms with van der Waals surface area (Å²) in [6.07, 6.45) is 3.18. The van der Waals surface area contributed by atoms with Crippen LogP contribution in [0.1, 0.15) is 30.4 Å². The summed E-state index contributed by atoms with van der Waals surface area (Å²) in [6, 6.07) is 0. The third-order valence-corrected chi connectivity index (χ3v) is 3.71. The van der Waals surface area contributed by atoms with E-state index in [1.165, 1.54) is 11.3 Å². The Morgan fingerprint density at radius 2 is 2.00 bits per heavy atom. The molecule has 19 heavy (non-hydrogen) atoms. The van der Waals surface area contributed by atoms with Crippen LogP contribution in [0.3, 0.4) is 0 Å². The Balaban J connectivity index is 2.34. The van der Waals surface area contributed by atoms with Gasteiger partial charge in [0.1, 0.15) is 15.2 Å². The normalized spacial score (nSPS) is 11.8. The summed E-state index contributed by atoms with van der Waals surface area (Å²) in [5.41, 5.74) is 7.09.